The van der Waals surface area contributed by atoms with E-state index in [4.69, 9.17) is 4.42 Å². The predicted molar refractivity (Wildman–Crippen MR) is 174 cm³/mol. The Labute approximate surface area is 237 Å². The number of benzene rings is 7. The van der Waals surface area contributed by atoms with Gasteiger partial charge < -0.3 is 8.98 Å². The van der Waals surface area contributed by atoms with Crippen LogP contribution in [0.1, 0.15) is 0 Å². The fourth-order valence-electron chi connectivity index (χ4n) is 6.18. The van der Waals surface area contributed by atoms with Gasteiger partial charge in [0.15, 0.2) is 7.14 Å². The molecule has 0 saturated heterocycles. The van der Waals surface area contributed by atoms with Crippen molar-refractivity contribution in [3.05, 3.63) is 152 Å². The van der Waals surface area contributed by atoms with E-state index in [2.05, 4.69) is 84.9 Å². The molecule has 0 radical (unpaired) electrons. The maximum atomic E-state index is 15.3. The van der Waals surface area contributed by atoms with Crippen LogP contribution in [0.4, 0.5) is 0 Å². The van der Waals surface area contributed by atoms with Crippen LogP contribution in [0, 0.1) is 0 Å². The van der Waals surface area contributed by atoms with E-state index in [1.54, 1.807) is 0 Å². The lowest BCUT2D eigenvalue weighted by Gasteiger charge is -2.22. The summed E-state index contributed by atoms with van der Waals surface area (Å²) in [6, 6.07) is 51.4. The van der Waals surface area contributed by atoms with Gasteiger partial charge in [0.05, 0.1) is 0 Å². The molecule has 0 aliphatic carbocycles. The average Bonchev–Trinajstić information content (AvgIpc) is 3.43. The van der Waals surface area contributed by atoms with Crippen molar-refractivity contribution in [2.75, 3.05) is 0 Å². The van der Waals surface area contributed by atoms with E-state index in [9.17, 15) is 0 Å². The minimum absolute atomic E-state index is 0.836. The Kier molecular flexibility index (Phi) is 5.45. The third-order valence-electron chi connectivity index (χ3n) is 8.15. The van der Waals surface area contributed by atoms with E-state index in [1.807, 2.05) is 66.7 Å². The second-order valence-electron chi connectivity index (χ2n) is 10.4. The molecule has 7 aromatic carbocycles. The molecule has 8 aromatic rings. The Balaban J connectivity index is 1.36. The van der Waals surface area contributed by atoms with E-state index in [0.717, 1.165) is 65.1 Å². The molecule has 0 spiro atoms. The summed E-state index contributed by atoms with van der Waals surface area (Å²) in [5.74, 6) is 0. The van der Waals surface area contributed by atoms with Crippen LogP contribution in [0.3, 0.4) is 0 Å². The van der Waals surface area contributed by atoms with Gasteiger partial charge in [-0.1, -0.05) is 127 Å². The van der Waals surface area contributed by atoms with Crippen LogP contribution in [0.15, 0.2) is 156 Å². The van der Waals surface area contributed by atoms with Crippen molar-refractivity contribution in [1.82, 2.24) is 0 Å². The number of rotatable bonds is 4. The molecule has 41 heavy (non-hydrogen) atoms. The number of hydrogen-bond donors (Lipinski definition) is 0. The number of fused-ring (bicyclic) bond motifs is 6. The lowest BCUT2D eigenvalue weighted by Crippen LogP contribution is -2.25. The van der Waals surface area contributed by atoms with Gasteiger partial charge in [0.2, 0.25) is 0 Å². The molecule has 0 aliphatic heterocycles. The molecule has 0 N–H and O–H groups in total. The molecule has 8 rings (SSSR count). The molecule has 2 nitrogen and oxygen atoms in total. The summed E-state index contributed by atoms with van der Waals surface area (Å²) in [6.07, 6.45) is 0. The van der Waals surface area contributed by atoms with Crippen LogP contribution in [0.25, 0.3) is 54.6 Å². The zero-order chi connectivity index (χ0) is 27.4. The molecule has 0 atom stereocenters. The van der Waals surface area contributed by atoms with Crippen molar-refractivity contribution in [3.8, 4) is 11.1 Å². The van der Waals surface area contributed by atoms with Gasteiger partial charge in [-0.2, -0.15) is 0 Å². The maximum absolute atomic E-state index is 15.3. The highest BCUT2D eigenvalue weighted by Crippen LogP contribution is 2.46. The Morgan fingerprint density at radius 1 is 0.463 bits per heavy atom. The lowest BCUT2D eigenvalue weighted by molar-refractivity contribution is 0.592. The van der Waals surface area contributed by atoms with Crippen molar-refractivity contribution in [3.63, 3.8) is 0 Å². The molecule has 0 unspecified atom stereocenters. The fraction of sp³-hybridized carbons (Fsp3) is 0. The maximum Gasteiger partial charge on any atom is 0.171 e. The molecule has 0 bridgehead atoms. The summed E-state index contributed by atoms with van der Waals surface area (Å²) in [7, 11) is -3.13. The molecule has 0 saturated carbocycles. The summed E-state index contributed by atoms with van der Waals surface area (Å²) in [5, 5.41) is 9.10. The van der Waals surface area contributed by atoms with Gasteiger partial charge >= 0.3 is 0 Å². The molecule has 1 heterocycles. The molecule has 0 amide bonds. The Morgan fingerprint density at radius 2 is 1.10 bits per heavy atom. The normalized spacial score (nSPS) is 12.0. The second-order valence-corrected chi connectivity index (χ2v) is 13.2. The quantitative estimate of drug-likeness (QED) is 0.207. The van der Waals surface area contributed by atoms with Crippen LogP contribution < -0.4 is 15.9 Å². The number of furan rings is 1. The van der Waals surface area contributed by atoms with E-state index < -0.39 is 7.14 Å². The van der Waals surface area contributed by atoms with Crippen molar-refractivity contribution in [2.45, 2.75) is 0 Å². The Hall–Kier alpha value is -4.91. The van der Waals surface area contributed by atoms with Crippen LogP contribution in [0.2, 0.25) is 0 Å². The summed E-state index contributed by atoms with van der Waals surface area (Å²) < 4.78 is 21.6. The molecular formula is C38H25O2P. The minimum Gasteiger partial charge on any atom is -0.455 e. The summed E-state index contributed by atoms with van der Waals surface area (Å²) in [6.45, 7) is 0. The van der Waals surface area contributed by atoms with Crippen LogP contribution in [0.5, 0.6) is 0 Å². The van der Waals surface area contributed by atoms with E-state index in [1.165, 1.54) is 5.39 Å². The van der Waals surface area contributed by atoms with Gasteiger partial charge in [-0.05, 0) is 51.6 Å². The predicted octanol–water partition coefficient (Wildman–Crippen LogP) is 9.20. The van der Waals surface area contributed by atoms with Crippen molar-refractivity contribution in [1.29, 1.82) is 0 Å². The topological polar surface area (TPSA) is 30.2 Å². The summed E-state index contributed by atoms with van der Waals surface area (Å²) in [5.41, 5.74) is 4.00. The largest absolute Gasteiger partial charge is 0.455 e. The van der Waals surface area contributed by atoms with Crippen LogP contribution in [-0.2, 0) is 4.57 Å². The van der Waals surface area contributed by atoms with E-state index in [0.29, 0.717) is 0 Å². The molecular weight excluding hydrogens is 519 g/mol. The molecule has 194 valence electrons. The monoisotopic (exact) mass is 544 g/mol. The van der Waals surface area contributed by atoms with Gasteiger partial charge in [-0.3, -0.25) is 0 Å². The van der Waals surface area contributed by atoms with Gasteiger partial charge in [0.1, 0.15) is 11.2 Å². The third-order valence-corrected chi connectivity index (χ3v) is 11.3. The van der Waals surface area contributed by atoms with Crippen molar-refractivity contribution in [2.24, 2.45) is 0 Å². The zero-order valence-corrected chi connectivity index (χ0v) is 23.1. The van der Waals surface area contributed by atoms with Crippen molar-refractivity contribution < 1.29 is 8.98 Å². The number of hydrogen-bond acceptors (Lipinski definition) is 2. The van der Waals surface area contributed by atoms with Gasteiger partial charge in [0.25, 0.3) is 0 Å². The standard InChI is InChI=1S/C38H25O2P/c39-41(28-12-3-1-4-13-28,29-14-5-2-6-15-29)37-24-22-30(32-17-9-10-18-33(32)37)27-20-23-36-35(25-27)34-21-19-26-11-7-8-16-31(26)38(34)40-36/h1-25H. The first-order chi connectivity index (χ1) is 20.2. The summed E-state index contributed by atoms with van der Waals surface area (Å²) in [4.78, 5) is 0. The fourth-order valence-corrected chi connectivity index (χ4v) is 9.04. The second kappa shape index (κ2) is 9.34. The smallest absolute Gasteiger partial charge is 0.171 e. The van der Waals surface area contributed by atoms with Crippen molar-refractivity contribution >= 4 is 66.5 Å². The lowest BCUT2D eigenvalue weighted by atomic mass is 9.96. The van der Waals surface area contributed by atoms with E-state index >= 15 is 4.57 Å². The highest BCUT2D eigenvalue weighted by molar-refractivity contribution is 7.85. The molecule has 3 heteroatoms. The van der Waals surface area contributed by atoms with E-state index in [-0.39, 0.29) is 0 Å². The Morgan fingerprint density at radius 3 is 1.83 bits per heavy atom. The van der Waals surface area contributed by atoms with Gasteiger partial charge in [-0.15, -0.1) is 0 Å². The minimum atomic E-state index is -3.13. The molecule has 1 aromatic heterocycles. The van der Waals surface area contributed by atoms with Crippen LogP contribution in [-0.4, -0.2) is 0 Å². The first kappa shape index (κ1) is 23.9. The highest BCUT2D eigenvalue weighted by Gasteiger charge is 2.31. The Bertz CT molecular complexity index is 2240. The summed E-state index contributed by atoms with van der Waals surface area (Å²) >= 11 is 0. The van der Waals surface area contributed by atoms with Gasteiger partial charge in [-0.25, -0.2) is 0 Å². The van der Waals surface area contributed by atoms with Crippen LogP contribution >= 0.6 is 7.14 Å². The average molecular weight is 545 g/mol. The first-order valence-electron chi connectivity index (χ1n) is 13.8. The van der Waals surface area contributed by atoms with Gasteiger partial charge in [0, 0.05) is 32.1 Å². The zero-order valence-electron chi connectivity index (χ0n) is 22.2. The SMILES string of the molecule is O=P(c1ccccc1)(c1ccccc1)c1ccc(-c2ccc3oc4c5ccccc5ccc4c3c2)c2ccccc12. The molecule has 0 fully saturated rings. The first-order valence-corrected chi connectivity index (χ1v) is 15.5. The highest BCUT2D eigenvalue weighted by atomic mass is 31.2. The molecule has 0 aliphatic rings. The third kappa shape index (κ3) is 3.69.